The number of hydrogen-bond donors (Lipinski definition) is 1. The van der Waals surface area contributed by atoms with E-state index in [1.807, 2.05) is 26.0 Å². The minimum Gasteiger partial charge on any atom is -0.478 e. The molecule has 0 saturated carbocycles. The fourth-order valence-corrected chi connectivity index (χ4v) is 2.76. The Morgan fingerprint density at radius 3 is 2.39 bits per heavy atom. The standard InChI is InChI=1S/C22H22O6/c1-12(2)21(22(24)25)28-16-7-8-17-18(10-16)26-11-19(20(17)23)27-15-6-5-13(3)14(4)9-15/h5-12,21H,1-4H3,(H,24,25). The van der Waals surface area contributed by atoms with E-state index in [1.54, 1.807) is 32.0 Å². The van der Waals surface area contributed by atoms with E-state index in [2.05, 4.69) is 0 Å². The third-order valence-corrected chi connectivity index (χ3v) is 4.53. The van der Waals surface area contributed by atoms with Gasteiger partial charge in [-0.05, 0) is 49.2 Å². The lowest BCUT2D eigenvalue weighted by atomic mass is 10.1. The van der Waals surface area contributed by atoms with E-state index in [-0.39, 0.29) is 17.1 Å². The lowest BCUT2D eigenvalue weighted by Gasteiger charge is -2.18. The fourth-order valence-electron chi connectivity index (χ4n) is 2.76. The smallest absolute Gasteiger partial charge is 0.345 e. The Hall–Kier alpha value is -3.28. The van der Waals surface area contributed by atoms with Crippen LogP contribution in [0.2, 0.25) is 0 Å². The van der Waals surface area contributed by atoms with Crippen LogP contribution in [0.25, 0.3) is 11.0 Å². The highest BCUT2D eigenvalue weighted by Gasteiger charge is 2.23. The number of carboxylic acid groups (broad SMARTS) is 1. The molecule has 3 rings (SSSR count). The summed E-state index contributed by atoms with van der Waals surface area (Å²) in [5.41, 5.74) is 2.17. The number of fused-ring (bicyclic) bond motifs is 1. The molecule has 0 amide bonds. The molecule has 28 heavy (non-hydrogen) atoms. The first-order valence-corrected chi connectivity index (χ1v) is 8.96. The number of ether oxygens (including phenoxy) is 2. The summed E-state index contributed by atoms with van der Waals surface area (Å²) in [6.45, 7) is 7.48. The molecule has 0 aliphatic heterocycles. The van der Waals surface area contributed by atoms with E-state index in [9.17, 15) is 14.7 Å². The van der Waals surface area contributed by atoms with Gasteiger partial charge in [0.05, 0.1) is 5.39 Å². The molecule has 0 aliphatic carbocycles. The number of carbonyl (C=O) groups is 1. The van der Waals surface area contributed by atoms with Crippen molar-refractivity contribution in [1.82, 2.24) is 0 Å². The predicted octanol–water partition coefficient (Wildman–Crippen LogP) is 4.69. The summed E-state index contributed by atoms with van der Waals surface area (Å²) in [6.07, 6.45) is 0.261. The number of hydrogen-bond acceptors (Lipinski definition) is 5. The second-order valence-corrected chi connectivity index (χ2v) is 7.06. The van der Waals surface area contributed by atoms with Gasteiger partial charge in [-0.25, -0.2) is 4.79 Å². The third-order valence-electron chi connectivity index (χ3n) is 4.53. The van der Waals surface area contributed by atoms with Gasteiger partial charge >= 0.3 is 5.97 Å². The van der Waals surface area contributed by atoms with Gasteiger partial charge < -0.3 is 19.0 Å². The van der Waals surface area contributed by atoms with Crippen LogP contribution in [-0.2, 0) is 4.79 Å². The van der Waals surface area contributed by atoms with E-state index in [0.29, 0.717) is 22.5 Å². The number of rotatable bonds is 6. The van der Waals surface area contributed by atoms with E-state index in [4.69, 9.17) is 13.9 Å². The van der Waals surface area contributed by atoms with Crippen molar-refractivity contribution in [2.45, 2.75) is 33.8 Å². The van der Waals surface area contributed by atoms with Crippen LogP contribution in [0, 0.1) is 19.8 Å². The maximum Gasteiger partial charge on any atom is 0.345 e. The van der Waals surface area contributed by atoms with Crippen molar-refractivity contribution >= 4 is 16.9 Å². The summed E-state index contributed by atoms with van der Waals surface area (Å²) in [4.78, 5) is 24.0. The van der Waals surface area contributed by atoms with Crippen molar-refractivity contribution in [1.29, 1.82) is 0 Å². The van der Waals surface area contributed by atoms with Crippen LogP contribution in [-0.4, -0.2) is 17.2 Å². The normalized spacial score (nSPS) is 12.2. The van der Waals surface area contributed by atoms with Gasteiger partial charge in [0.1, 0.15) is 23.3 Å². The van der Waals surface area contributed by atoms with E-state index < -0.39 is 12.1 Å². The Labute approximate surface area is 162 Å². The van der Waals surface area contributed by atoms with Crippen LogP contribution in [0.15, 0.2) is 51.9 Å². The van der Waals surface area contributed by atoms with Crippen LogP contribution < -0.4 is 14.9 Å². The highest BCUT2D eigenvalue weighted by Crippen LogP contribution is 2.26. The first-order valence-electron chi connectivity index (χ1n) is 8.96. The Kier molecular flexibility index (Phi) is 5.40. The molecule has 0 saturated heterocycles. The first-order chi connectivity index (χ1) is 13.3. The molecule has 1 atom stereocenters. The van der Waals surface area contributed by atoms with Gasteiger partial charge in [-0.2, -0.15) is 0 Å². The number of aryl methyl sites for hydroxylation is 2. The summed E-state index contributed by atoms with van der Waals surface area (Å²) in [5, 5.41) is 9.58. The molecule has 1 aromatic heterocycles. The zero-order chi connectivity index (χ0) is 20.4. The van der Waals surface area contributed by atoms with Gasteiger partial charge in [-0.1, -0.05) is 19.9 Å². The van der Waals surface area contributed by atoms with Crippen molar-refractivity contribution in [3.05, 3.63) is 64.0 Å². The molecule has 0 bridgehead atoms. The van der Waals surface area contributed by atoms with Crippen molar-refractivity contribution in [2.75, 3.05) is 0 Å². The quantitative estimate of drug-likeness (QED) is 0.666. The second kappa shape index (κ2) is 7.76. The van der Waals surface area contributed by atoms with Crippen molar-refractivity contribution < 1.29 is 23.8 Å². The SMILES string of the molecule is Cc1ccc(Oc2coc3cc(OC(C(=O)O)C(C)C)ccc3c2=O)cc1C. The van der Waals surface area contributed by atoms with E-state index in [0.717, 1.165) is 11.1 Å². The molecule has 6 nitrogen and oxygen atoms in total. The molecule has 0 spiro atoms. The molecular formula is C22H22O6. The molecule has 1 N–H and O–H groups in total. The van der Waals surface area contributed by atoms with Crippen LogP contribution in [0.5, 0.6) is 17.2 Å². The molecule has 1 heterocycles. The summed E-state index contributed by atoms with van der Waals surface area (Å²) >= 11 is 0. The zero-order valence-corrected chi connectivity index (χ0v) is 16.2. The summed E-state index contributed by atoms with van der Waals surface area (Å²) in [5.74, 6) is -0.312. The van der Waals surface area contributed by atoms with Crippen LogP contribution in [0.3, 0.4) is 0 Å². The third kappa shape index (κ3) is 4.01. The molecule has 0 aliphatic rings. The second-order valence-electron chi connectivity index (χ2n) is 7.06. The molecule has 0 radical (unpaired) electrons. The highest BCUT2D eigenvalue weighted by molar-refractivity contribution is 5.79. The Morgan fingerprint density at radius 1 is 1.04 bits per heavy atom. The Bertz CT molecular complexity index is 1080. The molecule has 0 fully saturated rings. The maximum absolute atomic E-state index is 12.7. The van der Waals surface area contributed by atoms with Crippen molar-refractivity contribution in [3.63, 3.8) is 0 Å². The largest absolute Gasteiger partial charge is 0.478 e. The predicted molar refractivity (Wildman–Crippen MR) is 105 cm³/mol. The van der Waals surface area contributed by atoms with Crippen LogP contribution >= 0.6 is 0 Å². The average molecular weight is 382 g/mol. The zero-order valence-electron chi connectivity index (χ0n) is 16.2. The van der Waals surface area contributed by atoms with Gasteiger partial charge in [0.25, 0.3) is 0 Å². The molecule has 3 aromatic rings. The highest BCUT2D eigenvalue weighted by atomic mass is 16.5. The fraction of sp³-hybridized carbons (Fsp3) is 0.273. The van der Waals surface area contributed by atoms with Crippen molar-refractivity contribution in [3.8, 4) is 17.2 Å². The minimum atomic E-state index is -1.05. The number of carboxylic acids is 1. The molecule has 1 unspecified atom stereocenters. The average Bonchev–Trinajstić information content (AvgIpc) is 2.64. The van der Waals surface area contributed by atoms with Crippen LogP contribution in [0.1, 0.15) is 25.0 Å². The molecule has 146 valence electrons. The topological polar surface area (TPSA) is 86.0 Å². The first kappa shape index (κ1) is 19.5. The van der Waals surface area contributed by atoms with Gasteiger partial charge in [-0.3, -0.25) is 4.79 Å². The summed E-state index contributed by atoms with van der Waals surface area (Å²) in [6, 6.07) is 10.2. The van der Waals surface area contributed by atoms with Gasteiger partial charge in [0.2, 0.25) is 11.2 Å². The number of benzene rings is 2. The van der Waals surface area contributed by atoms with E-state index >= 15 is 0 Å². The van der Waals surface area contributed by atoms with E-state index in [1.165, 1.54) is 12.3 Å². The summed E-state index contributed by atoms with van der Waals surface area (Å²) in [7, 11) is 0. The maximum atomic E-state index is 12.7. The van der Waals surface area contributed by atoms with Gasteiger partial charge in [0.15, 0.2) is 6.10 Å². The lowest BCUT2D eigenvalue weighted by molar-refractivity contribution is -0.147. The monoisotopic (exact) mass is 382 g/mol. The number of aliphatic carboxylic acids is 1. The van der Waals surface area contributed by atoms with Gasteiger partial charge in [0, 0.05) is 12.0 Å². The van der Waals surface area contributed by atoms with Crippen molar-refractivity contribution in [2.24, 2.45) is 5.92 Å². The van der Waals surface area contributed by atoms with Crippen LogP contribution in [0.4, 0.5) is 0 Å². The molecule has 6 heteroatoms. The molecular weight excluding hydrogens is 360 g/mol. The molecule has 2 aromatic carbocycles. The lowest BCUT2D eigenvalue weighted by Crippen LogP contribution is -2.32. The minimum absolute atomic E-state index is 0.0787. The summed E-state index contributed by atoms with van der Waals surface area (Å²) < 4.78 is 16.8. The Morgan fingerprint density at radius 2 is 1.75 bits per heavy atom. The Balaban J connectivity index is 1.91. The van der Waals surface area contributed by atoms with Gasteiger partial charge in [-0.15, -0.1) is 0 Å².